The van der Waals surface area contributed by atoms with Crippen molar-refractivity contribution in [2.24, 2.45) is 5.92 Å². The molecule has 3 rings (SSSR count). The average Bonchev–Trinajstić information content (AvgIpc) is 3.10. The summed E-state index contributed by atoms with van der Waals surface area (Å²) >= 11 is 0. The third-order valence-corrected chi connectivity index (χ3v) is 5.12. The summed E-state index contributed by atoms with van der Waals surface area (Å²) in [5.74, 6) is 0.318. The van der Waals surface area contributed by atoms with Crippen molar-refractivity contribution >= 4 is 11.9 Å². The Morgan fingerprint density at radius 2 is 1.45 bits per heavy atom. The van der Waals surface area contributed by atoms with Gasteiger partial charge in [0.1, 0.15) is 0 Å². The highest BCUT2D eigenvalue weighted by atomic mass is 16.2. The van der Waals surface area contributed by atoms with Crippen molar-refractivity contribution in [3.8, 4) is 0 Å². The van der Waals surface area contributed by atoms with Gasteiger partial charge in [0, 0.05) is 38.1 Å². The third kappa shape index (κ3) is 3.62. The first kappa shape index (κ1) is 15.4. The van der Waals surface area contributed by atoms with Crippen molar-refractivity contribution in [3.63, 3.8) is 0 Å². The number of urea groups is 1. The Bertz CT molecular complexity index is 427. The highest BCUT2D eigenvalue weighted by Gasteiger charge is 2.29. The highest BCUT2D eigenvalue weighted by Crippen LogP contribution is 2.20. The van der Waals surface area contributed by atoms with Crippen molar-refractivity contribution in [1.82, 2.24) is 15.1 Å². The Morgan fingerprint density at radius 3 is 2.09 bits per heavy atom. The number of nitrogens with zero attached hydrogens (tertiary/aromatic N) is 2. The molecule has 0 spiro atoms. The molecule has 1 aliphatic carbocycles. The first-order valence-corrected chi connectivity index (χ1v) is 8.73. The van der Waals surface area contributed by atoms with Gasteiger partial charge in [0.2, 0.25) is 5.91 Å². The van der Waals surface area contributed by atoms with E-state index in [2.05, 4.69) is 17.5 Å². The minimum atomic E-state index is 0.132. The van der Waals surface area contributed by atoms with Crippen LogP contribution in [0, 0.1) is 5.92 Å². The van der Waals surface area contributed by atoms with Gasteiger partial charge in [0.25, 0.3) is 0 Å². The molecule has 22 heavy (non-hydrogen) atoms. The molecule has 0 atom stereocenters. The number of carbonyl (C=O) groups is 2. The average molecular weight is 305 g/mol. The van der Waals surface area contributed by atoms with Crippen LogP contribution < -0.4 is 5.32 Å². The maximum Gasteiger partial charge on any atom is 0.319 e. The van der Waals surface area contributed by atoms with E-state index in [0.717, 1.165) is 64.7 Å². The Hall–Kier alpha value is -1.52. The number of piperidine rings is 2. The van der Waals surface area contributed by atoms with E-state index >= 15 is 0 Å². The summed E-state index contributed by atoms with van der Waals surface area (Å²) in [6.07, 6.45) is 11.2. The number of likely N-dealkylation sites (tertiary alicyclic amines) is 2. The second-order valence-electron chi connectivity index (χ2n) is 6.74. The summed E-state index contributed by atoms with van der Waals surface area (Å²) in [4.78, 5) is 28.5. The van der Waals surface area contributed by atoms with Gasteiger partial charge in [-0.3, -0.25) is 4.79 Å². The molecule has 3 amide bonds. The molecule has 2 heterocycles. The summed E-state index contributed by atoms with van der Waals surface area (Å²) in [6.45, 7) is 3.35. The Kier molecular flexibility index (Phi) is 5.01. The standard InChI is InChI=1S/C17H27N3O2/c21-16(14-6-2-3-7-14)18-15-8-12-20(13-9-15)17(22)19-10-4-1-5-11-19/h2-3,14-15H,1,4-13H2,(H,18,21). The normalized spacial score (nSPS) is 23.8. The highest BCUT2D eigenvalue weighted by molar-refractivity contribution is 5.80. The van der Waals surface area contributed by atoms with Crippen LogP contribution in [0.1, 0.15) is 44.9 Å². The number of rotatable bonds is 2. The molecule has 122 valence electrons. The van der Waals surface area contributed by atoms with Crippen LogP contribution >= 0.6 is 0 Å². The van der Waals surface area contributed by atoms with Crippen LogP contribution in [0.5, 0.6) is 0 Å². The zero-order chi connectivity index (χ0) is 15.4. The summed E-state index contributed by atoms with van der Waals surface area (Å²) in [7, 11) is 0. The first-order chi connectivity index (χ1) is 10.7. The van der Waals surface area contributed by atoms with Gasteiger partial charge in [-0.05, 0) is 44.9 Å². The summed E-state index contributed by atoms with van der Waals surface area (Å²) in [5.41, 5.74) is 0. The van der Waals surface area contributed by atoms with Gasteiger partial charge in [-0.1, -0.05) is 12.2 Å². The predicted molar refractivity (Wildman–Crippen MR) is 85.4 cm³/mol. The van der Waals surface area contributed by atoms with Gasteiger partial charge >= 0.3 is 6.03 Å². The van der Waals surface area contributed by atoms with E-state index in [1.165, 1.54) is 6.42 Å². The molecule has 0 aromatic rings. The smallest absolute Gasteiger partial charge is 0.319 e. The van der Waals surface area contributed by atoms with Crippen LogP contribution in [0.4, 0.5) is 4.79 Å². The predicted octanol–water partition coefficient (Wildman–Crippen LogP) is 2.14. The lowest BCUT2D eigenvalue weighted by Crippen LogP contribution is -2.52. The Morgan fingerprint density at radius 1 is 0.864 bits per heavy atom. The molecule has 0 aromatic carbocycles. The van der Waals surface area contributed by atoms with Crippen LogP contribution in [-0.2, 0) is 4.79 Å². The molecule has 5 nitrogen and oxygen atoms in total. The van der Waals surface area contributed by atoms with Gasteiger partial charge < -0.3 is 15.1 Å². The minimum Gasteiger partial charge on any atom is -0.353 e. The lowest BCUT2D eigenvalue weighted by Gasteiger charge is -2.37. The van der Waals surface area contributed by atoms with E-state index in [1.54, 1.807) is 0 Å². The zero-order valence-electron chi connectivity index (χ0n) is 13.3. The number of hydrogen-bond acceptors (Lipinski definition) is 2. The second-order valence-corrected chi connectivity index (χ2v) is 6.74. The molecule has 0 radical (unpaired) electrons. The van der Waals surface area contributed by atoms with E-state index in [1.807, 2.05) is 9.80 Å². The van der Waals surface area contributed by atoms with Gasteiger partial charge in [-0.25, -0.2) is 4.79 Å². The topological polar surface area (TPSA) is 52.7 Å². The number of carbonyl (C=O) groups excluding carboxylic acids is 2. The van der Waals surface area contributed by atoms with Crippen LogP contribution in [0.25, 0.3) is 0 Å². The molecule has 0 saturated carbocycles. The van der Waals surface area contributed by atoms with Crippen molar-refractivity contribution in [2.75, 3.05) is 26.2 Å². The number of hydrogen-bond donors (Lipinski definition) is 1. The van der Waals surface area contributed by atoms with E-state index in [0.29, 0.717) is 0 Å². The quantitative estimate of drug-likeness (QED) is 0.795. The molecule has 0 bridgehead atoms. The number of amides is 3. The van der Waals surface area contributed by atoms with Gasteiger partial charge in [0.15, 0.2) is 0 Å². The lowest BCUT2D eigenvalue weighted by atomic mass is 10.0. The third-order valence-electron chi connectivity index (χ3n) is 5.12. The molecular weight excluding hydrogens is 278 g/mol. The van der Waals surface area contributed by atoms with Crippen molar-refractivity contribution < 1.29 is 9.59 Å². The second kappa shape index (κ2) is 7.16. The fraction of sp³-hybridized carbons (Fsp3) is 0.765. The van der Waals surface area contributed by atoms with Crippen LogP contribution in [0.2, 0.25) is 0 Å². The van der Waals surface area contributed by atoms with Gasteiger partial charge in [0.05, 0.1) is 0 Å². The fourth-order valence-corrected chi connectivity index (χ4v) is 3.65. The van der Waals surface area contributed by atoms with Crippen molar-refractivity contribution in [3.05, 3.63) is 12.2 Å². The van der Waals surface area contributed by atoms with Gasteiger partial charge in [-0.2, -0.15) is 0 Å². The van der Waals surface area contributed by atoms with Crippen LogP contribution in [-0.4, -0.2) is 54.0 Å². The first-order valence-electron chi connectivity index (χ1n) is 8.73. The molecule has 2 saturated heterocycles. The fourth-order valence-electron chi connectivity index (χ4n) is 3.65. The van der Waals surface area contributed by atoms with Crippen LogP contribution in [0.15, 0.2) is 12.2 Å². The van der Waals surface area contributed by atoms with E-state index in [4.69, 9.17) is 0 Å². The monoisotopic (exact) mass is 305 g/mol. The molecule has 1 N–H and O–H groups in total. The summed E-state index contributed by atoms with van der Waals surface area (Å²) in [5, 5.41) is 3.17. The molecule has 3 aliphatic rings. The largest absolute Gasteiger partial charge is 0.353 e. The van der Waals surface area contributed by atoms with Crippen LogP contribution in [0.3, 0.4) is 0 Å². The maximum absolute atomic E-state index is 12.4. The van der Waals surface area contributed by atoms with Crippen molar-refractivity contribution in [1.29, 1.82) is 0 Å². The SMILES string of the molecule is O=C(NC1CCN(C(=O)N2CCCCC2)CC1)C1CC=CC1. The van der Waals surface area contributed by atoms with E-state index < -0.39 is 0 Å². The molecule has 0 unspecified atom stereocenters. The minimum absolute atomic E-state index is 0.132. The Labute approximate surface area is 132 Å². The van der Waals surface area contributed by atoms with E-state index in [9.17, 15) is 9.59 Å². The Balaban J connectivity index is 1.41. The maximum atomic E-state index is 12.4. The molecule has 2 aliphatic heterocycles. The number of nitrogens with one attached hydrogen (secondary N) is 1. The molecule has 2 fully saturated rings. The lowest BCUT2D eigenvalue weighted by molar-refractivity contribution is -0.125. The molecular formula is C17H27N3O2. The summed E-state index contributed by atoms with van der Waals surface area (Å²) in [6, 6.07) is 0.433. The van der Waals surface area contributed by atoms with Gasteiger partial charge in [-0.15, -0.1) is 0 Å². The number of allylic oxidation sites excluding steroid dienone is 2. The zero-order valence-corrected chi connectivity index (χ0v) is 13.3. The van der Waals surface area contributed by atoms with E-state index in [-0.39, 0.29) is 23.9 Å². The van der Waals surface area contributed by atoms with Crippen molar-refractivity contribution in [2.45, 2.75) is 51.0 Å². The molecule has 5 heteroatoms. The summed E-state index contributed by atoms with van der Waals surface area (Å²) < 4.78 is 0. The molecule has 0 aromatic heterocycles.